The second-order valence-corrected chi connectivity index (χ2v) is 8.37. The summed E-state index contributed by atoms with van der Waals surface area (Å²) in [5.74, 6) is 1.26. The standard InChI is InChI=1S/C22H38N4O5/c1-4-22(15-27,16-30-20(28)7-13-25-11-5-9-23-18(25)2)17-31-21(29)8-14-26-12-6-10-24-19(26)3/h27H,4-17H2,1-3H3. The molecule has 0 saturated carbocycles. The van der Waals surface area contributed by atoms with Crippen molar-refractivity contribution in [3.8, 4) is 0 Å². The largest absolute Gasteiger partial charge is 0.465 e. The molecule has 0 saturated heterocycles. The zero-order valence-electron chi connectivity index (χ0n) is 19.3. The van der Waals surface area contributed by atoms with Crippen LogP contribution in [-0.4, -0.2) is 97.6 Å². The van der Waals surface area contributed by atoms with E-state index >= 15 is 0 Å². The fourth-order valence-electron chi connectivity index (χ4n) is 3.59. The van der Waals surface area contributed by atoms with Crippen molar-refractivity contribution in [3.63, 3.8) is 0 Å². The Morgan fingerprint density at radius 3 is 1.74 bits per heavy atom. The molecular weight excluding hydrogens is 400 g/mol. The number of aliphatic imine (C=N–C) groups is 2. The number of esters is 2. The van der Waals surface area contributed by atoms with Gasteiger partial charge in [-0.05, 0) is 33.1 Å². The van der Waals surface area contributed by atoms with Gasteiger partial charge in [-0.2, -0.15) is 0 Å². The number of ether oxygens (including phenoxy) is 2. The summed E-state index contributed by atoms with van der Waals surface area (Å²) in [4.78, 5) is 37.4. The van der Waals surface area contributed by atoms with Gasteiger partial charge in [0.1, 0.15) is 13.2 Å². The predicted octanol–water partition coefficient (Wildman–Crippen LogP) is 1.49. The Bertz CT molecular complexity index is 608. The molecular formula is C22H38N4O5. The van der Waals surface area contributed by atoms with Crippen LogP contribution in [0.15, 0.2) is 9.98 Å². The first-order valence-electron chi connectivity index (χ1n) is 11.3. The minimum Gasteiger partial charge on any atom is -0.465 e. The fourth-order valence-corrected chi connectivity index (χ4v) is 3.59. The van der Waals surface area contributed by atoms with Crippen LogP contribution >= 0.6 is 0 Å². The monoisotopic (exact) mass is 438 g/mol. The molecule has 0 spiro atoms. The Hall–Kier alpha value is -2.16. The molecule has 31 heavy (non-hydrogen) atoms. The van der Waals surface area contributed by atoms with Gasteiger partial charge in [0.2, 0.25) is 0 Å². The van der Waals surface area contributed by atoms with E-state index in [1.165, 1.54) is 0 Å². The molecule has 0 bridgehead atoms. The average Bonchev–Trinajstić information content (AvgIpc) is 2.78. The van der Waals surface area contributed by atoms with Gasteiger partial charge in [-0.1, -0.05) is 6.92 Å². The summed E-state index contributed by atoms with van der Waals surface area (Å²) < 4.78 is 10.9. The van der Waals surface area contributed by atoms with E-state index in [0.29, 0.717) is 19.5 Å². The summed E-state index contributed by atoms with van der Waals surface area (Å²) in [6.07, 6.45) is 3.03. The molecule has 0 aromatic rings. The molecule has 2 aliphatic rings. The molecule has 2 aliphatic heterocycles. The van der Waals surface area contributed by atoms with Gasteiger partial charge in [-0.3, -0.25) is 19.6 Å². The van der Waals surface area contributed by atoms with E-state index in [9.17, 15) is 14.7 Å². The highest BCUT2D eigenvalue weighted by Gasteiger charge is 2.31. The van der Waals surface area contributed by atoms with Crippen LogP contribution in [0.1, 0.15) is 52.9 Å². The summed E-state index contributed by atoms with van der Waals surface area (Å²) >= 11 is 0. The Labute approximate surface area is 185 Å². The number of carbonyl (C=O) groups is 2. The molecule has 1 N–H and O–H groups in total. The molecule has 0 aromatic heterocycles. The Balaban J connectivity index is 1.73. The molecule has 176 valence electrons. The maximum atomic E-state index is 12.2. The second-order valence-electron chi connectivity index (χ2n) is 8.37. The van der Waals surface area contributed by atoms with E-state index in [-0.39, 0.29) is 44.6 Å². The van der Waals surface area contributed by atoms with Gasteiger partial charge in [0, 0.05) is 39.3 Å². The minimum absolute atomic E-state index is 0.0249. The molecule has 0 aliphatic carbocycles. The molecule has 9 heteroatoms. The molecule has 0 fully saturated rings. The number of carbonyl (C=O) groups excluding carboxylic acids is 2. The molecule has 0 radical (unpaired) electrons. The molecule has 0 atom stereocenters. The van der Waals surface area contributed by atoms with E-state index in [1.54, 1.807) is 0 Å². The van der Waals surface area contributed by atoms with Crippen LogP contribution in [0.5, 0.6) is 0 Å². The lowest BCUT2D eigenvalue weighted by atomic mass is 9.88. The lowest BCUT2D eigenvalue weighted by molar-refractivity contribution is -0.156. The Morgan fingerprint density at radius 1 is 0.935 bits per heavy atom. The third-order valence-corrected chi connectivity index (χ3v) is 6.10. The number of rotatable bonds is 12. The normalized spacial score (nSPS) is 17.2. The van der Waals surface area contributed by atoms with Crippen molar-refractivity contribution in [1.29, 1.82) is 0 Å². The van der Waals surface area contributed by atoms with Gasteiger partial charge >= 0.3 is 11.9 Å². The molecule has 0 unspecified atom stereocenters. The van der Waals surface area contributed by atoms with Gasteiger partial charge in [-0.25, -0.2) is 0 Å². The highest BCUT2D eigenvalue weighted by atomic mass is 16.5. The Kier molecular flexibility index (Phi) is 10.2. The summed E-state index contributed by atoms with van der Waals surface area (Å²) in [5.41, 5.74) is -0.781. The molecule has 2 heterocycles. The fraction of sp³-hybridized carbons (Fsp3) is 0.818. The number of hydrogen-bond acceptors (Lipinski definition) is 9. The van der Waals surface area contributed by atoms with Gasteiger partial charge in [0.05, 0.1) is 36.5 Å². The highest BCUT2D eigenvalue weighted by molar-refractivity contribution is 5.81. The van der Waals surface area contributed by atoms with Gasteiger partial charge in [0.25, 0.3) is 0 Å². The third kappa shape index (κ3) is 8.12. The quantitative estimate of drug-likeness (QED) is 0.460. The molecule has 0 aromatic carbocycles. The number of nitrogens with zero attached hydrogens (tertiary/aromatic N) is 4. The van der Waals surface area contributed by atoms with Crippen LogP contribution in [0.2, 0.25) is 0 Å². The summed E-state index contributed by atoms with van der Waals surface area (Å²) in [7, 11) is 0. The zero-order chi connectivity index (χ0) is 22.7. The maximum absolute atomic E-state index is 12.2. The Morgan fingerprint density at radius 2 is 1.39 bits per heavy atom. The van der Waals surface area contributed by atoms with E-state index in [4.69, 9.17) is 9.47 Å². The van der Waals surface area contributed by atoms with Gasteiger partial charge in [-0.15, -0.1) is 0 Å². The predicted molar refractivity (Wildman–Crippen MR) is 119 cm³/mol. The number of hydrogen-bond donors (Lipinski definition) is 1. The van der Waals surface area contributed by atoms with E-state index in [2.05, 4.69) is 19.8 Å². The van der Waals surface area contributed by atoms with Gasteiger partial charge < -0.3 is 24.4 Å². The van der Waals surface area contributed by atoms with Crippen molar-refractivity contribution in [2.45, 2.75) is 52.9 Å². The van der Waals surface area contributed by atoms with Crippen molar-refractivity contribution in [2.24, 2.45) is 15.4 Å². The number of aliphatic hydroxyl groups is 1. The van der Waals surface area contributed by atoms with Crippen molar-refractivity contribution in [3.05, 3.63) is 0 Å². The van der Waals surface area contributed by atoms with E-state index in [1.807, 2.05) is 20.8 Å². The van der Waals surface area contributed by atoms with Crippen LogP contribution in [-0.2, 0) is 19.1 Å². The number of aliphatic hydroxyl groups excluding tert-OH is 1. The van der Waals surface area contributed by atoms with Crippen LogP contribution in [0.25, 0.3) is 0 Å². The molecule has 9 nitrogen and oxygen atoms in total. The van der Waals surface area contributed by atoms with Crippen molar-refractivity contribution < 1.29 is 24.2 Å². The van der Waals surface area contributed by atoms with E-state index in [0.717, 1.165) is 50.7 Å². The van der Waals surface area contributed by atoms with E-state index < -0.39 is 5.41 Å². The molecule has 0 amide bonds. The smallest absolute Gasteiger partial charge is 0.307 e. The zero-order valence-corrected chi connectivity index (χ0v) is 19.3. The first kappa shape index (κ1) is 25.1. The van der Waals surface area contributed by atoms with Crippen LogP contribution in [0, 0.1) is 5.41 Å². The third-order valence-electron chi connectivity index (χ3n) is 6.10. The molecule has 2 rings (SSSR count). The first-order chi connectivity index (χ1) is 14.9. The van der Waals surface area contributed by atoms with Crippen LogP contribution in [0.4, 0.5) is 0 Å². The number of amidine groups is 2. The van der Waals surface area contributed by atoms with Crippen molar-refractivity contribution >= 4 is 23.6 Å². The van der Waals surface area contributed by atoms with Gasteiger partial charge in [0.15, 0.2) is 0 Å². The summed E-state index contributed by atoms with van der Waals surface area (Å²) in [6, 6.07) is 0. The second kappa shape index (κ2) is 12.6. The average molecular weight is 439 g/mol. The first-order valence-corrected chi connectivity index (χ1v) is 11.3. The lowest BCUT2D eigenvalue weighted by Crippen LogP contribution is -2.39. The lowest BCUT2D eigenvalue weighted by Gasteiger charge is -2.30. The maximum Gasteiger partial charge on any atom is 0.307 e. The van der Waals surface area contributed by atoms with Crippen LogP contribution in [0.3, 0.4) is 0 Å². The van der Waals surface area contributed by atoms with Crippen molar-refractivity contribution in [2.75, 3.05) is 59.1 Å². The summed E-state index contributed by atoms with van der Waals surface area (Å²) in [5, 5.41) is 9.91. The SMILES string of the molecule is CCC(CO)(COC(=O)CCN1CCCN=C1C)COC(=O)CCN1CCCN=C1C. The summed E-state index contributed by atoms with van der Waals surface area (Å²) in [6.45, 7) is 10.2. The van der Waals surface area contributed by atoms with Crippen molar-refractivity contribution in [1.82, 2.24) is 9.80 Å². The van der Waals surface area contributed by atoms with Crippen LogP contribution < -0.4 is 0 Å². The minimum atomic E-state index is -0.781. The highest BCUT2D eigenvalue weighted by Crippen LogP contribution is 2.23. The topological polar surface area (TPSA) is 104 Å².